The normalized spacial score (nSPS) is 14.8. The molecule has 2 aromatic rings. The van der Waals surface area contributed by atoms with Crippen molar-refractivity contribution in [1.29, 1.82) is 0 Å². The monoisotopic (exact) mass is 660 g/mol. The van der Waals surface area contributed by atoms with Crippen molar-refractivity contribution < 1.29 is 13.5 Å². The van der Waals surface area contributed by atoms with Crippen molar-refractivity contribution in [2.45, 2.75) is 152 Å². The molecule has 248 valence electrons. The van der Waals surface area contributed by atoms with E-state index in [-0.39, 0.29) is 31.5 Å². The van der Waals surface area contributed by atoms with Crippen LogP contribution >= 0.6 is 23.5 Å². The van der Waals surface area contributed by atoms with Gasteiger partial charge < -0.3 is 9.29 Å². The predicted molar refractivity (Wildman–Crippen MR) is 200 cm³/mol. The lowest BCUT2D eigenvalue weighted by Crippen LogP contribution is -2.20. The molecule has 2 rings (SSSR count). The minimum Gasteiger partial charge on any atom is -0.462 e. The Labute approximate surface area is 279 Å². The van der Waals surface area contributed by atoms with Crippen molar-refractivity contribution in [2.24, 2.45) is 0 Å². The zero-order valence-corrected chi connectivity index (χ0v) is 32.6. The molecule has 0 fully saturated rings. The fraction of sp³-hybridized carbons (Fsp3) is 0.605. The molecule has 1 atom stereocenters. The van der Waals surface area contributed by atoms with Crippen molar-refractivity contribution in [3.8, 4) is 5.75 Å². The van der Waals surface area contributed by atoms with E-state index in [1.54, 1.807) is 0 Å². The van der Waals surface area contributed by atoms with Crippen LogP contribution in [-0.2, 0) is 31.5 Å². The fourth-order valence-electron chi connectivity index (χ4n) is 4.84. The molecule has 0 aliphatic rings. The van der Waals surface area contributed by atoms with Gasteiger partial charge in [0.05, 0.1) is 19.6 Å². The van der Waals surface area contributed by atoms with Crippen molar-refractivity contribution in [3.05, 3.63) is 64.9 Å². The lowest BCUT2D eigenvalue weighted by atomic mass is 9.79. The summed E-state index contributed by atoms with van der Waals surface area (Å²) in [6.07, 6.45) is 1.97. The summed E-state index contributed by atoms with van der Waals surface area (Å²) in [6, 6.07) is 11.7. The number of hydrogen-bond donors (Lipinski definition) is 1. The van der Waals surface area contributed by atoms with Gasteiger partial charge in [-0.05, 0) is 89.6 Å². The molecular weight excluding hydrogens is 601 g/mol. The van der Waals surface area contributed by atoms with Crippen molar-refractivity contribution in [2.75, 3.05) is 5.75 Å². The quantitative estimate of drug-likeness (QED) is 0.0854. The maximum Gasteiger partial charge on any atom is 0.134 e. The van der Waals surface area contributed by atoms with E-state index in [4.69, 9.17) is 4.74 Å². The number of rotatable bonds is 11. The standard InChI is InChI=1S/C38H60O3S3/c1-26(19-17-18-20-44(16,39)40)41-33-31(36(8,9)10)24-30(25-32(33)37(11,12)13)43-38(14,15)42-29-22-27(34(2,3)4)21-28(23-29)35(5,6)7/h21-25H,1,16-20H2,2-15H3,(H,39,40). The molecule has 1 unspecified atom stereocenters. The molecule has 0 heterocycles. The number of ether oxygens (including phenoxy) is 1. The van der Waals surface area contributed by atoms with Crippen LogP contribution in [0.25, 0.3) is 0 Å². The summed E-state index contributed by atoms with van der Waals surface area (Å²) >= 11 is 3.83. The third-order valence-electron chi connectivity index (χ3n) is 7.46. The molecule has 0 amide bonds. The Morgan fingerprint density at radius 1 is 0.705 bits per heavy atom. The molecule has 2 aromatic carbocycles. The zero-order valence-electron chi connectivity index (χ0n) is 30.1. The van der Waals surface area contributed by atoms with E-state index in [9.17, 15) is 8.76 Å². The average molecular weight is 661 g/mol. The fourth-order valence-corrected chi connectivity index (χ4v) is 8.10. The van der Waals surface area contributed by atoms with Crippen LogP contribution in [0.1, 0.15) is 138 Å². The van der Waals surface area contributed by atoms with Crippen LogP contribution in [0.5, 0.6) is 5.75 Å². The van der Waals surface area contributed by atoms with Gasteiger partial charge in [0, 0.05) is 33.1 Å². The van der Waals surface area contributed by atoms with Crippen LogP contribution in [0.15, 0.2) is 52.5 Å². The molecule has 0 radical (unpaired) electrons. The van der Waals surface area contributed by atoms with Gasteiger partial charge in [0.25, 0.3) is 0 Å². The molecule has 3 nitrogen and oxygen atoms in total. The predicted octanol–water partition coefficient (Wildman–Crippen LogP) is 11.7. The van der Waals surface area contributed by atoms with Crippen molar-refractivity contribution in [3.63, 3.8) is 0 Å². The minimum absolute atomic E-state index is 0.0740. The molecule has 0 aliphatic carbocycles. The number of allylic oxidation sites excluding steroid dienone is 1. The van der Waals surface area contributed by atoms with E-state index in [2.05, 4.69) is 140 Å². The highest BCUT2D eigenvalue weighted by molar-refractivity contribution is 8.18. The van der Waals surface area contributed by atoms with E-state index >= 15 is 0 Å². The molecule has 0 bridgehead atoms. The van der Waals surface area contributed by atoms with Crippen LogP contribution in [0.4, 0.5) is 0 Å². The van der Waals surface area contributed by atoms with E-state index in [0.717, 1.165) is 23.3 Å². The Bertz CT molecular complexity index is 1350. The third-order valence-corrected chi connectivity index (χ3v) is 10.8. The van der Waals surface area contributed by atoms with E-state index in [0.29, 0.717) is 18.6 Å². The molecule has 0 aliphatic heterocycles. The Balaban J connectivity index is 2.50. The molecular formula is C38H60O3S3. The summed E-state index contributed by atoms with van der Waals surface area (Å²) in [6.45, 7) is 36.0. The topological polar surface area (TPSA) is 46.5 Å². The van der Waals surface area contributed by atoms with Crippen LogP contribution in [-0.4, -0.2) is 24.5 Å². The molecule has 1 N–H and O–H groups in total. The lowest BCUT2D eigenvalue weighted by Gasteiger charge is -2.32. The number of thioether (sulfide) groups is 2. The van der Waals surface area contributed by atoms with Gasteiger partial charge in [-0.15, -0.1) is 23.5 Å². The SMILES string of the molecule is C=C(CCCCS(=C)(=O)O)Oc1c(C(C)(C)C)cc(SC(C)(C)Sc2cc(C(C)(C)C)cc(C(C)(C)C)c2)cc1C(C)(C)C. The summed E-state index contributed by atoms with van der Waals surface area (Å²) in [4.78, 5) is 2.53. The Morgan fingerprint density at radius 3 is 1.48 bits per heavy atom. The molecule has 0 saturated carbocycles. The highest BCUT2D eigenvalue weighted by atomic mass is 32.2. The van der Waals surface area contributed by atoms with Gasteiger partial charge in [-0.2, -0.15) is 0 Å². The Hall–Kier alpha value is -1.34. The first-order valence-corrected chi connectivity index (χ1v) is 19.2. The smallest absolute Gasteiger partial charge is 0.134 e. The van der Waals surface area contributed by atoms with Gasteiger partial charge >= 0.3 is 0 Å². The Morgan fingerprint density at radius 2 is 1.11 bits per heavy atom. The highest BCUT2D eigenvalue weighted by Gasteiger charge is 2.31. The van der Waals surface area contributed by atoms with Crippen molar-refractivity contribution >= 4 is 39.2 Å². The second kappa shape index (κ2) is 13.8. The summed E-state index contributed by atoms with van der Waals surface area (Å²) < 4.78 is 27.5. The minimum atomic E-state index is -2.97. The van der Waals surface area contributed by atoms with Crippen LogP contribution < -0.4 is 4.74 Å². The summed E-state index contributed by atoms with van der Waals surface area (Å²) in [5.74, 6) is 5.10. The lowest BCUT2D eigenvalue weighted by molar-refractivity contribution is 0.372. The summed E-state index contributed by atoms with van der Waals surface area (Å²) in [5, 5.41) is 0. The first-order valence-electron chi connectivity index (χ1n) is 15.7. The first-order chi connectivity index (χ1) is 19.6. The second-order valence-corrected chi connectivity index (χ2v) is 22.4. The van der Waals surface area contributed by atoms with Gasteiger partial charge in [0.15, 0.2) is 0 Å². The molecule has 0 spiro atoms. The van der Waals surface area contributed by atoms with Crippen LogP contribution in [0, 0.1) is 0 Å². The molecule has 0 saturated heterocycles. The van der Waals surface area contributed by atoms with Crippen molar-refractivity contribution in [1.82, 2.24) is 0 Å². The van der Waals surface area contributed by atoms with Gasteiger partial charge in [0.2, 0.25) is 0 Å². The van der Waals surface area contributed by atoms with E-state index in [1.807, 2.05) is 23.5 Å². The number of hydrogen-bond acceptors (Lipinski definition) is 4. The Kier molecular flexibility index (Phi) is 12.2. The van der Waals surface area contributed by atoms with Crippen LogP contribution in [0.3, 0.4) is 0 Å². The largest absolute Gasteiger partial charge is 0.462 e. The van der Waals surface area contributed by atoms with Gasteiger partial charge in [0.1, 0.15) is 5.75 Å². The van der Waals surface area contributed by atoms with E-state index < -0.39 is 9.80 Å². The number of unbranched alkanes of at least 4 members (excludes halogenated alkanes) is 1. The summed E-state index contributed by atoms with van der Waals surface area (Å²) in [5.41, 5.74) is 4.91. The first kappa shape index (κ1) is 38.8. The van der Waals surface area contributed by atoms with Gasteiger partial charge in [-0.25, -0.2) is 4.21 Å². The number of benzene rings is 2. The maximum atomic E-state index is 11.6. The zero-order chi connectivity index (χ0) is 34.1. The second-order valence-electron chi connectivity index (χ2n) is 16.8. The summed E-state index contributed by atoms with van der Waals surface area (Å²) in [7, 11) is -2.97. The van der Waals surface area contributed by atoms with Crippen LogP contribution in [0.2, 0.25) is 0 Å². The van der Waals surface area contributed by atoms with E-state index in [1.165, 1.54) is 20.9 Å². The molecule has 6 heteroatoms. The van der Waals surface area contributed by atoms with Gasteiger partial charge in [-0.1, -0.05) is 95.7 Å². The molecule has 44 heavy (non-hydrogen) atoms. The molecule has 0 aromatic heterocycles. The highest BCUT2D eigenvalue weighted by Crippen LogP contribution is 2.50. The maximum absolute atomic E-state index is 11.6. The van der Waals surface area contributed by atoms with Gasteiger partial charge in [-0.3, -0.25) is 0 Å². The third kappa shape index (κ3) is 12.1. The average Bonchev–Trinajstić information content (AvgIpc) is 2.78.